The summed E-state index contributed by atoms with van der Waals surface area (Å²) in [6.07, 6.45) is 1.05. The molecule has 0 aromatic heterocycles. The van der Waals surface area contributed by atoms with Gasteiger partial charge in [0, 0.05) is 6.54 Å². The van der Waals surface area contributed by atoms with E-state index >= 15 is 0 Å². The Balaban J connectivity index is 2.91. The third kappa shape index (κ3) is 3.63. The molecule has 1 aromatic rings. The first-order chi connectivity index (χ1) is 7.29. The number of Topliss-reactive ketones (excluding diaryl/α,β-unsaturated/α-hetero) is 1. The van der Waals surface area contributed by atoms with Crippen molar-refractivity contribution in [2.75, 3.05) is 6.26 Å². The van der Waals surface area contributed by atoms with E-state index in [1.165, 1.54) is 19.1 Å². The van der Waals surface area contributed by atoms with Crippen molar-refractivity contribution in [3.05, 3.63) is 29.3 Å². The summed E-state index contributed by atoms with van der Waals surface area (Å²) in [6.45, 7) is 1.43. The van der Waals surface area contributed by atoms with Crippen LogP contribution in [0.1, 0.15) is 22.8 Å². The lowest BCUT2D eigenvalue weighted by Crippen LogP contribution is -2.21. The summed E-state index contributed by atoms with van der Waals surface area (Å²) in [6, 6.07) is 4.39. The van der Waals surface area contributed by atoms with Gasteiger partial charge in [-0.15, -0.1) is 0 Å². The standard InChI is InChI=1S/C10H13NO4S/c1-7(12)9-5-8(3-4-10(9)13)6-11-16(2,14)15/h3-5,11,13H,6H2,1-2H3. The first kappa shape index (κ1) is 12.7. The molecule has 0 fully saturated rings. The Morgan fingerprint density at radius 1 is 1.44 bits per heavy atom. The highest BCUT2D eigenvalue weighted by molar-refractivity contribution is 7.88. The van der Waals surface area contributed by atoms with Crippen molar-refractivity contribution in [2.24, 2.45) is 0 Å². The zero-order valence-electron chi connectivity index (χ0n) is 9.02. The van der Waals surface area contributed by atoms with E-state index in [-0.39, 0.29) is 23.6 Å². The Morgan fingerprint density at radius 3 is 2.56 bits per heavy atom. The van der Waals surface area contributed by atoms with Crippen LogP contribution in [0.15, 0.2) is 18.2 Å². The predicted molar refractivity (Wildman–Crippen MR) is 59.8 cm³/mol. The number of carbonyl (C=O) groups is 1. The van der Waals surface area contributed by atoms with Crippen LogP contribution in [0.25, 0.3) is 0 Å². The van der Waals surface area contributed by atoms with Gasteiger partial charge in [-0.05, 0) is 24.6 Å². The predicted octanol–water partition coefficient (Wildman–Crippen LogP) is 0.644. The lowest BCUT2D eigenvalue weighted by Gasteiger charge is -2.05. The molecule has 0 heterocycles. The molecule has 0 aliphatic carbocycles. The third-order valence-corrected chi connectivity index (χ3v) is 2.65. The first-order valence-corrected chi connectivity index (χ1v) is 6.46. The van der Waals surface area contributed by atoms with Crippen molar-refractivity contribution in [3.63, 3.8) is 0 Å². The molecule has 88 valence electrons. The van der Waals surface area contributed by atoms with Crippen molar-refractivity contribution in [2.45, 2.75) is 13.5 Å². The first-order valence-electron chi connectivity index (χ1n) is 4.57. The topological polar surface area (TPSA) is 83.5 Å². The number of carbonyl (C=O) groups excluding carboxylic acids is 1. The molecule has 2 N–H and O–H groups in total. The highest BCUT2D eigenvalue weighted by atomic mass is 32.2. The zero-order valence-corrected chi connectivity index (χ0v) is 9.84. The molecule has 1 rings (SSSR count). The Labute approximate surface area is 94.2 Å². The molecule has 6 heteroatoms. The average Bonchev–Trinajstić information content (AvgIpc) is 2.14. The molecule has 0 saturated carbocycles. The summed E-state index contributed by atoms with van der Waals surface area (Å²) in [4.78, 5) is 11.1. The van der Waals surface area contributed by atoms with Gasteiger partial charge in [0.2, 0.25) is 10.0 Å². The molecule has 0 saturated heterocycles. The van der Waals surface area contributed by atoms with Crippen molar-refractivity contribution in [1.29, 1.82) is 0 Å². The Hall–Kier alpha value is -1.40. The second kappa shape index (κ2) is 4.63. The van der Waals surface area contributed by atoms with Crippen LogP contribution in [0.4, 0.5) is 0 Å². The number of rotatable bonds is 4. The maximum atomic E-state index is 11.1. The van der Waals surface area contributed by atoms with Gasteiger partial charge in [-0.1, -0.05) is 6.07 Å². The van der Waals surface area contributed by atoms with Crippen LogP contribution in [0.2, 0.25) is 0 Å². The van der Waals surface area contributed by atoms with Crippen LogP contribution >= 0.6 is 0 Å². The number of phenolic OH excluding ortho intramolecular Hbond substituents is 1. The van der Waals surface area contributed by atoms with Gasteiger partial charge in [0.1, 0.15) is 5.75 Å². The quantitative estimate of drug-likeness (QED) is 0.760. The summed E-state index contributed by atoms with van der Waals surface area (Å²) in [5.41, 5.74) is 0.807. The summed E-state index contributed by atoms with van der Waals surface area (Å²) in [7, 11) is -3.26. The maximum absolute atomic E-state index is 11.1. The van der Waals surface area contributed by atoms with E-state index in [1.807, 2.05) is 0 Å². The molecule has 16 heavy (non-hydrogen) atoms. The molecule has 0 amide bonds. The smallest absolute Gasteiger partial charge is 0.209 e. The van der Waals surface area contributed by atoms with Crippen molar-refractivity contribution in [1.82, 2.24) is 4.72 Å². The second-order valence-corrected chi connectivity index (χ2v) is 5.33. The molecular formula is C10H13NO4S. The Kier molecular flexibility index (Phi) is 3.66. The summed E-state index contributed by atoms with van der Waals surface area (Å²) in [5.74, 6) is -0.366. The molecular weight excluding hydrogens is 230 g/mol. The van der Waals surface area contributed by atoms with Crippen LogP contribution in [0.5, 0.6) is 5.75 Å². The minimum atomic E-state index is -3.26. The summed E-state index contributed by atoms with van der Waals surface area (Å²) in [5, 5.41) is 9.37. The van der Waals surface area contributed by atoms with Crippen LogP contribution in [-0.4, -0.2) is 25.6 Å². The van der Waals surface area contributed by atoms with Crippen LogP contribution < -0.4 is 4.72 Å². The molecule has 0 aliphatic rings. The van der Waals surface area contributed by atoms with Gasteiger partial charge in [-0.25, -0.2) is 13.1 Å². The molecule has 0 aliphatic heterocycles. The van der Waals surface area contributed by atoms with Crippen LogP contribution in [-0.2, 0) is 16.6 Å². The van der Waals surface area contributed by atoms with E-state index in [9.17, 15) is 18.3 Å². The molecule has 1 aromatic carbocycles. The van der Waals surface area contributed by atoms with Gasteiger partial charge < -0.3 is 5.11 Å². The normalized spacial score (nSPS) is 11.4. The lowest BCUT2D eigenvalue weighted by molar-refractivity contribution is 0.101. The SMILES string of the molecule is CC(=O)c1cc(CNS(C)(=O)=O)ccc1O. The summed E-state index contributed by atoms with van der Waals surface area (Å²) < 4.78 is 24.0. The van der Waals surface area contributed by atoms with E-state index in [2.05, 4.69) is 4.72 Å². The van der Waals surface area contributed by atoms with Gasteiger partial charge >= 0.3 is 0 Å². The third-order valence-electron chi connectivity index (χ3n) is 1.98. The zero-order chi connectivity index (χ0) is 12.3. The van der Waals surface area contributed by atoms with Gasteiger partial charge in [-0.3, -0.25) is 4.79 Å². The Bertz CT molecular complexity index is 508. The fourth-order valence-electron chi connectivity index (χ4n) is 1.19. The number of hydrogen-bond acceptors (Lipinski definition) is 4. The largest absolute Gasteiger partial charge is 0.507 e. The number of phenols is 1. The molecule has 0 spiro atoms. The van der Waals surface area contributed by atoms with E-state index in [4.69, 9.17) is 0 Å². The fraction of sp³-hybridized carbons (Fsp3) is 0.300. The van der Waals surface area contributed by atoms with Crippen LogP contribution in [0, 0.1) is 0 Å². The number of hydrogen-bond donors (Lipinski definition) is 2. The minimum Gasteiger partial charge on any atom is -0.507 e. The van der Waals surface area contributed by atoms with Gasteiger partial charge in [0.05, 0.1) is 11.8 Å². The van der Waals surface area contributed by atoms with Crippen molar-refractivity contribution < 1.29 is 18.3 Å². The van der Waals surface area contributed by atoms with Gasteiger partial charge in [-0.2, -0.15) is 0 Å². The minimum absolute atomic E-state index is 0.0966. The van der Waals surface area contributed by atoms with Gasteiger partial charge in [0.15, 0.2) is 5.78 Å². The number of aromatic hydroxyl groups is 1. The summed E-state index contributed by atoms with van der Waals surface area (Å²) >= 11 is 0. The highest BCUT2D eigenvalue weighted by Gasteiger charge is 2.08. The molecule has 0 unspecified atom stereocenters. The van der Waals surface area contributed by atoms with E-state index in [1.54, 1.807) is 6.07 Å². The highest BCUT2D eigenvalue weighted by Crippen LogP contribution is 2.18. The molecule has 0 atom stereocenters. The number of benzene rings is 1. The Morgan fingerprint density at radius 2 is 2.06 bits per heavy atom. The second-order valence-electron chi connectivity index (χ2n) is 3.50. The lowest BCUT2D eigenvalue weighted by atomic mass is 10.1. The van der Waals surface area contributed by atoms with Crippen molar-refractivity contribution >= 4 is 15.8 Å². The monoisotopic (exact) mass is 243 g/mol. The fourth-order valence-corrected chi connectivity index (χ4v) is 1.62. The maximum Gasteiger partial charge on any atom is 0.209 e. The molecule has 0 radical (unpaired) electrons. The van der Waals surface area contributed by atoms with E-state index in [0.29, 0.717) is 5.56 Å². The number of ketones is 1. The number of sulfonamides is 1. The van der Waals surface area contributed by atoms with Crippen molar-refractivity contribution in [3.8, 4) is 5.75 Å². The van der Waals surface area contributed by atoms with Gasteiger partial charge in [0.25, 0.3) is 0 Å². The van der Waals surface area contributed by atoms with E-state index < -0.39 is 10.0 Å². The number of nitrogens with one attached hydrogen (secondary N) is 1. The van der Waals surface area contributed by atoms with Crippen LogP contribution in [0.3, 0.4) is 0 Å². The van der Waals surface area contributed by atoms with E-state index in [0.717, 1.165) is 6.26 Å². The molecule has 5 nitrogen and oxygen atoms in total. The average molecular weight is 243 g/mol. The molecule has 0 bridgehead atoms.